The smallest absolute Gasteiger partial charge is 0.254 e. The molecule has 0 bridgehead atoms. The van der Waals surface area contributed by atoms with Gasteiger partial charge in [0, 0.05) is 44.9 Å². The molecule has 0 aliphatic rings. The lowest BCUT2D eigenvalue weighted by Crippen LogP contribution is -2.25. The third-order valence-corrected chi connectivity index (χ3v) is 4.34. The molecule has 2 aromatic heterocycles. The van der Waals surface area contributed by atoms with Crippen molar-refractivity contribution in [1.29, 1.82) is 0 Å². The molecule has 144 valence electrons. The maximum atomic E-state index is 12.3. The minimum Gasteiger partial charge on any atom is -0.497 e. The third-order valence-electron chi connectivity index (χ3n) is 4.34. The molecule has 3 aromatic rings. The Morgan fingerprint density at radius 3 is 2.36 bits per heavy atom. The SMILES string of the molecule is COc1ccc(CNC(=O)c2cnc(N(C)CCc3ccncc3)nc2)cc1. The Bertz CT molecular complexity index is 883. The Labute approximate surface area is 164 Å². The fourth-order valence-corrected chi connectivity index (χ4v) is 2.61. The molecule has 2 heterocycles. The molecule has 28 heavy (non-hydrogen) atoms. The number of likely N-dealkylation sites (N-methyl/N-ethyl adjacent to an activating group) is 1. The van der Waals surface area contributed by atoms with Crippen molar-refractivity contribution in [2.75, 3.05) is 25.6 Å². The van der Waals surface area contributed by atoms with E-state index in [1.807, 2.05) is 48.3 Å². The van der Waals surface area contributed by atoms with Crippen molar-refractivity contribution < 1.29 is 9.53 Å². The van der Waals surface area contributed by atoms with Gasteiger partial charge in [0.25, 0.3) is 5.91 Å². The number of pyridine rings is 1. The minimum absolute atomic E-state index is 0.207. The summed E-state index contributed by atoms with van der Waals surface area (Å²) >= 11 is 0. The van der Waals surface area contributed by atoms with E-state index >= 15 is 0 Å². The lowest BCUT2D eigenvalue weighted by Gasteiger charge is -2.16. The van der Waals surface area contributed by atoms with Crippen LogP contribution >= 0.6 is 0 Å². The Balaban J connectivity index is 1.51. The van der Waals surface area contributed by atoms with E-state index in [0.717, 1.165) is 24.3 Å². The maximum Gasteiger partial charge on any atom is 0.254 e. The van der Waals surface area contributed by atoms with Crippen LogP contribution in [0, 0.1) is 0 Å². The second-order valence-electron chi connectivity index (χ2n) is 6.33. The molecule has 0 saturated carbocycles. The van der Waals surface area contributed by atoms with E-state index in [1.165, 1.54) is 5.56 Å². The van der Waals surface area contributed by atoms with E-state index in [4.69, 9.17) is 4.74 Å². The zero-order valence-corrected chi connectivity index (χ0v) is 16.0. The van der Waals surface area contributed by atoms with Crippen molar-refractivity contribution >= 4 is 11.9 Å². The molecule has 0 aliphatic carbocycles. The second-order valence-corrected chi connectivity index (χ2v) is 6.33. The summed E-state index contributed by atoms with van der Waals surface area (Å²) < 4.78 is 5.13. The van der Waals surface area contributed by atoms with Crippen molar-refractivity contribution in [2.24, 2.45) is 0 Å². The van der Waals surface area contributed by atoms with Crippen LogP contribution in [0.4, 0.5) is 5.95 Å². The van der Waals surface area contributed by atoms with E-state index in [2.05, 4.69) is 20.3 Å². The van der Waals surface area contributed by atoms with Gasteiger partial charge in [0.15, 0.2) is 0 Å². The summed E-state index contributed by atoms with van der Waals surface area (Å²) in [6.45, 7) is 1.20. The van der Waals surface area contributed by atoms with Gasteiger partial charge in [-0.25, -0.2) is 9.97 Å². The highest BCUT2D eigenvalue weighted by Crippen LogP contribution is 2.11. The summed E-state index contributed by atoms with van der Waals surface area (Å²) in [7, 11) is 3.55. The van der Waals surface area contributed by atoms with Crippen molar-refractivity contribution in [2.45, 2.75) is 13.0 Å². The van der Waals surface area contributed by atoms with Gasteiger partial charge in [-0.1, -0.05) is 12.1 Å². The number of nitrogens with one attached hydrogen (secondary N) is 1. The van der Waals surface area contributed by atoms with Gasteiger partial charge in [-0.3, -0.25) is 9.78 Å². The lowest BCUT2D eigenvalue weighted by atomic mass is 10.2. The minimum atomic E-state index is -0.207. The molecular formula is C21H23N5O2. The highest BCUT2D eigenvalue weighted by Gasteiger charge is 2.09. The molecule has 1 aromatic carbocycles. The van der Waals surface area contributed by atoms with E-state index in [0.29, 0.717) is 18.1 Å². The first-order valence-corrected chi connectivity index (χ1v) is 8.99. The number of hydrogen-bond acceptors (Lipinski definition) is 6. The first-order valence-electron chi connectivity index (χ1n) is 8.99. The molecule has 0 saturated heterocycles. The van der Waals surface area contributed by atoms with Crippen LogP contribution in [0.5, 0.6) is 5.75 Å². The van der Waals surface area contributed by atoms with Gasteiger partial charge in [0.05, 0.1) is 12.7 Å². The number of carbonyl (C=O) groups excluding carboxylic acids is 1. The fourth-order valence-electron chi connectivity index (χ4n) is 2.61. The highest BCUT2D eigenvalue weighted by atomic mass is 16.5. The summed E-state index contributed by atoms with van der Waals surface area (Å²) in [5, 5.41) is 2.87. The van der Waals surface area contributed by atoms with Gasteiger partial charge in [-0.15, -0.1) is 0 Å². The van der Waals surface area contributed by atoms with Gasteiger partial charge >= 0.3 is 0 Å². The predicted octanol–water partition coefficient (Wildman–Crippen LogP) is 2.49. The number of methoxy groups -OCH3 is 1. The average molecular weight is 377 g/mol. The monoisotopic (exact) mass is 377 g/mol. The standard InChI is InChI=1S/C21H23N5O2/c1-26(12-9-16-7-10-22-11-8-16)21-24-14-18(15-25-21)20(27)23-13-17-3-5-19(28-2)6-4-17/h3-8,10-11,14-15H,9,12-13H2,1-2H3,(H,23,27). The molecule has 0 unspecified atom stereocenters. The number of amides is 1. The predicted molar refractivity (Wildman–Crippen MR) is 107 cm³/mol. The van der Waals surface area contributed by atoms with Crippen LogP contribution in [0.2, 0.25) is 0 Å². The summed E-state index contributed by atoms with van der Waals surface area (Å²) in [4.78, 5) is 26.9. The molecular weight excluding hydrogens is 354 g/mol. The fraction of sp³-hybridized carbons (Fsp3) is 0.238. The number of benzene rings is 1. The number of ether oxygens (including phenoxy) is 1. The number of aromatic nitrogens is 3. The van der Waals surface area contributed by atoms with E-state index < -0.39 is 0 Å². The normalized spacial score (nSPS) is 10.4. The number of carbonyl (C=O) groups is 1. The largest absolute Gasteiger partial charge is 0.497 e. The lowest BCUT2D eigenvalue weighted by molar-refractivity contribution is 0.0950. The van der Waals surface area contributed by atoms with Crippen LogP contribution < -0.4 is 15.0 Å². The first-order chi connectivity index (χ1) is 13.7. The summed E-state index contributed by atoms with van der Waals surface area (Å²) in [5.41, 5.74) is 2.62. The molecule has 0 atom stereocenters. The number of hydrogen-bond donors (Lipinski definition) is 1. The van der Waals surface area contributed by atoms with Gasteiger partial charge in [-0.05, 0) is 41.8 Å². The molecule has 0 aliphatic heterocycles. The number of nitrogens with zero attached hydrogens (tertiary/aromatic N) is 4. The van der Waals surface area contributed by atoms with Gasteiger partial charge in [-0.2, -0.15) is 0 Å². The van der Waals surface area contributed by atoms with E-state index in [9.17, 15) is 4.79 Å². The molecule has 7 heteroatoms. The zero-order valence-electron chi connectivity index (χ0n) is 16.0. The van der Waals surface area contributed by atoms with Crippen molar-refractivity contribution in [1.82, 2.24) is 20.3 Å². The van der Waals surface area contributed by atoms with E-state index in [1.54, 1.807) is 31.9 Å². The molecule has 7 nitrogen and oxygen atoms in total. The molecule has 0 spiro atoms. The molecule has 3 rings (SSSR count). The number of rotatable bonds is 8. The maximum absolute atomic E-state index is 12.3. The molecule has 1 amide bonds. The zero-order chi connectivity index (χ0) is 19.8. The third kappa shape index (κ3) is 5.26. The topological polar surface area (TPSA) is 80.2 Å². The van der Waals surface area contributed by atoms with Gasteiger partial charge in [0.1, 0.15) is 5.75 Å². The van der Waals surface area contributed by atoms with Crippen molar-refractivity contribution in [3.63, 3.8) is 0 Å². The summed E-state index contributed by atoms with van der Waals surface area (Å²) in [5.74, 6) is 1.16. The second kappa shape index (κ2) is 9.45. The Hall–Kier alpha value is -3.48. The highest BCUT2D eigenvalue weighted by molar-refractivity contribution is 5.93. The summed E-state index contributed by atoms with van der Waals surface area (Å²) in [6.07, 6.45) is 7.53. The first kappa shape index (κ1) is 19.3. The average Bonchev–Trinajstić information content (AvgIpc) is 2.77. The Morgan fingerprint density at radius 1 is 1.04 bits per heavy atom. The van der Waals surface area contributed by atoms with Gasteiger partial charge < -0.3 is 15.0 Å². The Morgan fingerprint density at radius 2 is 1.71 bits per heavy atom. The van der Waals surface area contributed by atoms with Crippen molar-refractivity contribution in [3.05, 3.63) is 77.9 Å². The molecule has 0 radical (unpaired) electrons. The van der Waals surface area contributed by atoms with E-state index in [-0.39, 0.29) is 5.91 Å². The Kier molecular flexibility index (Phi) is 6.51. The van der Waals surface area contributed by atoms with Crippen LogP contribution in [0.3, 0.4) is 0 Å². The van der Waals surface area contributed by atoms with Crippen LogP contribution in [0.25, 0.3) is 0 Å². The van der Waals surface area contributed by atoms with Crippen LogP contribution in [-0.4, -0.2) is 41.6 Å². The number of anilines is 1. The molecule has 0 fully saturated rings. The van der Waals surface area contributed by atoms with Crippen molar-refractivity contribution in [3.8, 4) is 5.75 Å². The van der Waals surface area contributed by atoms with Gasteiger partial charge in [0.2, 0.25) is 5.95 Å². The quantitative estimate of drug-likeness (QED) is 0.650. The van der Waals surface area contributed by atoms with Crippen LogP contribution in [0.1, 0.15) is 21.5 Å². The summed E-state index contributed by atoms with van der Waals surface area (Å²) in [6, 6.07) is 11.5. The molecule has 1 N–H and O–H groups in total. The van der Waals surface area contributed by atoms with Crippen LogP contribution in [-0.2, 0) is 13.0 Å². The van der Waals surface area contributed by atoms with Crippen LogP contribution in [0.15, 0.2) is 61.2 Å².